The van der Waals surface area contributed by atoms with E-state index in [-0.39, 0.29) is 10.5 Å². The third kappa shape index (κ3) is 5.29. The molecule has 9 nitrogen and oxygen atoms in total. The lowest BCUT2D eigenvalue weighted by atomic mass is 10.0. The zero-order valence-electron chi connectivity index (χ0n) is 18.9. The van der Waals surface area contributed by atoms with E-state index >= 15 is 0 Å². The van der Waals surface area contributed by atoms with Crippen LogP contribution in [0.5, 0.6) is 0 Å². The number of nitrogens with zero attached hydrogens (tertiary/aromatic N) is 3. The molecule has 182 valence electrons. The van der Waals surface area contributed by atoms with Gasteiger partial charge in [0.1, 0.15) is 11.8 Å². The van der Waals surface area contributed by atoms with E-state index in [0.717, 1.165) is 9.87 Å². The number of ether oxygens (including phenoxy) is 1. The van der Waals surface area contributed by atoms with E-state index in [0.29, 0.717) is 22.9 Å². The van der Waals surface area contributed by atoms with Crippen molar-refractivity contribution < 1.29 is 27.2 Å². The van der Waals surface area contributed by atoms with Gasteiger partial charge in [-0.25, -0.2) is 22.5 Å². The van der Waals surface area contributed by atoms with E-state index in [1.54, 1.807) is 24.3 Å². The zero-order valence-corrected chi connectivity index (χ0v) is 20.5. The molecule has 0 aliphatic carbocycles. The van der Waals surface area contributed by atoms with Gasteiger partial charge in [0, 0.05) is 25.5 Å². The summed E-state index contributed by atoms with van der Waals surface area (Å²) in [5, 5.41) is 6.28. The lowest BCUT2D eigenvalue weighted by molar-refractivity contribution is -0.136. The Hall–Kier alpha value is -3.47. The molecule has 1 amide bonds. The van der Waals surface area contributed by atoms with Gasteiger partial charge in [0.2, 0.25) is 10.0 Å². The second-order valence-electron chi connectivity index (χ2n) is 7.92. The molecule has 11 heteroatoms. The maximum Gasteiger partial charge on any atom is 0.338 e. The number of esters is 1. The van der Waals surface area contributed by atoms with Crippen LogP contribution in [-0.4, -0.2) is 56.0 Å². The van der Waals surface area contributed by atoms with Crippen molar-refractivity contribution in [3.8, 4) is 0 Å². The Balaban J connectivity index is 1.50. The molecule has 1 atom stereocenters. The van der Waals surface area contributed by atoms with E-state index in [4.69, 9.17) is 20.8 Å². The van der Waals surface area contributed by atoms with Gasteiger partial charge in [0.15, 0.2) is 6.61 Å². The lowest BCUT2D eigenvalue weighted by Gasteiger charge is -2.19. The lowest BCUT2D eigenvalue weighted by Crippen LogP contribution is -2.31. The molecule has 0 radical (unpaired) electrons. The standard InChI is InChI=1S/C24H22ClN3O6S/c1-27(2)35(31,32)19-6-3-5-17(13-19)24(30)34-15-23(29)28-21(22-7-4-12-33-22)14-20(26-28)16-8-10-18(25)11-9-16/h3-13,21H,14-15H2,1-2H3. The van der Waals surface area contributed by atoms with Gasteiger partial charge in [-0.3, -0.25) is 4.79 Å². The Bertz CT molecular complexity index is 1370. The maximum atomic E-state index is 13.0. The van der Waals surface area contributed by atoms with Crippen molar-refractivity contribution in [2.45, 2.75) is 17.4 Å². The molecule has 1 aromatic heterocycles. The van der Waals surface area contributed by atoms with Crippen LogP contribution >= 0.6 is 11.6 Å². The molecule has 35 heavy (non-hydrogen) atoms. The number of benzene rings is 2. The summed E-state index contributed by atoms with van der Waals surface area (Å²) in [6.07, 6.45) is 1.91. The number of hydrazone groups is 1. The van der Waals surface area contributed by atoms with Crippen molar-refractivity contribution in [1.82, 2.24) is 9.31 Å². The van der Waals surface area contributed by atoms with E-state index in [9.17, 15) is 18.0 Å². The van der Waals surface area contributed by atoms with Gasteiger partial charge in [-0.15, -0.1) is 0 Å². The van der Waals surface area contributed by atoms with Crippen LogP contribution in [0.1, 0.15) is 34.1 Å². The molecular weight excluding hydrogens is 494 g/mol. The smallest absolute Gasteiger partial charge is 0.338 e. The van der Waals surface area contributed by atoms with Gasteiger partial charge in [0.05, 0.1) is 22.4 Å². The van der Waals surface area contributed by atoms with Crippen molar-refractivity contribution in [3.63, 3.8) is 0 Å². The molecule has 0 bridgehead atoms. The van der Waals surface area contributed by atoms with Crippen molar-refractivity contribution >= 4 is 39.2 Å². The average molecular weight is 516 g/mol. The van der Waals surface area contributed by atoms with Crippen molar-refractivity contribution in [1.29, 1.82) is 0 Å². The first-order valence-corrected chi connectivity index (χ1v) is 12.4. The SMILES string of the molecule is CN(C)S(=O)(=O)c1cccc(C(=O)OCC(=O)N2N=C(c3ccc(Cl)cc3)CC2c2ccco2)c1. The summed E-state index contributed by atoms with van der Waals surface area (Å²) in [7, 11) is -0.947. The van der Waals surface area contributed by atoms with Crippen LogP contribution in [0.3, 0.4) is 0 Å². The van der Waals surface area contributed by atoms with Crippen molar-refractivity contribution in [3.05, 3.63) is 88.8 Å². The molecule has 1 aliphatic rings. The number of rotatable bonds is 7. The van der Waals surface area contributed by atoms with Crippen LogP contribution in [0.25, 0.3) is 0 Å². The topological polar surface area (TPSA) is 109 Å². The molecule has 2 aromatic carbocycles. The second kappa shape index (κ2) is 10.0. The Kier molecular flexibility index (Phi) is 7.06. The maximum absolute atomic E-state index is 13.0. The molecule has 1 unspecified atom stereocenters. The average Bonchev–Trinajstić information content (AvgIpc) is 3.53. The van der Waals surface area contributed by atoms with Gasteiger partial charge >= 0.3 is 5.97 Å². The monoisotopic (exact) mass is 515 g/mol. The quantitative estimate of drug-likeness (QED) is 0.444. The summed E-state index contributed by atoms with van der Waals surface area (Å²) >= 11 is 5.98. The first kappa shape index (κ1) is 24.6. The molecule has 2 heterocycles. The highest BCUT2D eigenvalue weighted by Crippen LogP contribution is 2.33. The third-order valence-electron chi connectivity index (χ3n) is 5.39. The second-order valence-corrected chi connectivity index (χ2v) is 10.5. The summed E-state index contributed by atoms with van der Waals surface area (Å²) in [5.41, 5.74) is 1.47. The number of furan rings is 1. The highest BCUT2D eigenvalue weighted by molar-refractivity contribution is 7.89. The van der Waals surface area contributed by atoms with Crippen molar-refractivity contribution in [2.75, 3.05) is 20.7 Å². The van der Waals surface area contributed by atoms with Gasteiger partial charge < -0.3 is 9.15 Å². The van der Waals surface area contributed by atoms with E-state index in [1.165, 1.54) is 49.6 Å². The molecule has 0 N–H and O–H groups in total. The van der Waals surface area contributed by atoms with Crippen LogP contribution in [0.2, 0.25) is 5.02 Å². The van der Waals surface area contributed by atoms with Gasteiger partial charge in [-0.2, -0.15) is 5.10 Å². The van der Waals surface area contributed by atoms with Gasteiger partial charge in [-0.1, -0.05) is 29.8 Å². The summed E-state index contributed by atoms with van der Waals surface area (Å²) < 4.78 is 36.4. The number of halogens is 1. The fourth-order valence-corrected chi connectivity index (χ4v) is 4.60. The fourth-order valence-electron chi connectivity index (χ4n) is 3.53. The third-order valence-corrected chi connectivity index (χ3v) is 7.45. The fraction of sp³-hybridized carbons (Fsp3) is 0.208. The number of carbonyl (C=O) groups is 2. The number of sulfonamides is 1. The largest absolute Gasteiger partial charge is 0.467 e. The number of amides is 1. The molecule has 1 aliphatic heterocycles. The predicted molar refractivity (Wildman–Crippen MR) is 128 cm³/mol. The Morgan fingerprint density at radius 2 is 1.89 bits per heavy atom. The van der Waals surface area contributed by atoms with Crippen LogP contribution in [0, 0.1) is 0 Å². The summed E-state index contributed by atoms with van der Waals surface area (Å²) in [6, 6.07) is 15.5. The van der Waals surface area contributed by atoms with E-state index < -0.39 is 34.5 Å². The van der Waals surface area contributed by atoms with Gasteiger partial charge in [0.25, 0.3) is 5.91 Å². The van der Waals surface area contributed by atoms with Crippen LogP contribution in [0.15, 0.2) is 81.3 Å². The van der Waals surface area contributed by atoms with Crippen LogP contribution in [0.4, 0.5) is 0 Å². The first-order valence-electron chi connectivity index (χ1n) is 10.6. The molecule has 0 spiro atoms. The molecule has 4 rings (SSSR count). The predicted octanol–water partition coefficient (Wildman–Crippen LogP) is 3.72. The minimum Gasteiger partial charge on any atom is -0.467 e. The minimum absolute atomic E-state index is 0.00934. The van der Waals surface area contributed by atoms with Crippen LogP contribution in [-0.2, 0) is 19.6 Å². The number of hydrogen-bond acceptors (Lipinski definition) is 7. The molecule has 0 fully saturated rings. The van der Waals surface area contributed by atoms with Crippen LogP contribution < -0.4 is 0 Å². The molecule has 3 aromatic rings. The Morgan fingerprint density at radius 3 is 2.54 bits per heavy atom. The normalized spacial score (nSPS) is 15.8. The number of hydrogen-bond donors (Lipinski definition) is 0. The highest BCUT2D eigenvalue weighted by atomic mass is 35.5. The summed E-state index contributed by atoms with van der Waals surface area (Å²) in [5.74, 6) is -0.843. The van der Waals surface area contributed by atoms with E-state index in [1.807, 2.05) is 12.1 Å². The minimum atomic E-state index is -3.73. The molecule has 0 saturated carbocycles. The molecule has 0 saturated heterocycles. The highest BCUT2D eigenvalue weighted by Gasteiger charge is 2.35. The first-order chi connectivity index (χ1) is 16.7. The Labute approximate surface area is 207 Å². The summed E-state index contributed by atoms with van der Waals surface area (Å²) in [4.78, 5) is 25.5. The van der Waals surface area contributed by atoms with E-state index in [2.05, 4.69) is 5.10 Å². The van der Waals surface area contributed by atoms with Crippen molar-refractivity contribution in [2.24, 2.45) is 5.10 Å². The summed E-state index contributed by atoms with van der Waals surface area (Å²) in [6.45, 7) is -0.585. The van der Waals surface area contributed by atoms with Gasteiger partial charge in [-0.05, 0) is 48.0 Å². The number of carbonyl (C=O) groups excluding carboxylic acids is 2. The Morgan fingerprint density at radius 1 is 1.14 bits per heavy atom. The molecular formula is C24H22ClN3O6S. The zero-order chi connectivity index (χ0) is 25.2.